The lowest BCUT2D eigenvalue weighted by Gasteiger charge is -2.39. The SMILES string of the molecule is CN1CCC(C2NCCCC2O)CC1. The normalized spacial score (nSPS) is 37.3. The van der Waals surface area contributed by atoms with Gasteiger partial charge < -0.3 is 15.3 Å². The molecular weight excluding hydrogens is 176 g/mol. The smallest absolute Gasteiger partial charge is 0.0696 e. The van der Waals surface area contributed by atoms with Crippen molar-refractivity contribution in [1.82, 2.24) is 10.2 Å². The predicted octanol–water partition coefficient (Wildman–Crippen LogP) is 0.441. The van der Waals surface area contributed by atoms with Gasteiger partial charge in [0.15, 0.2) is 0 Å². The summed E-state index contributed by atoms with van der Waals surface area (Å²) in [6.07, 6.45) is 4.50. The van der Waals surface area contributed by atoms with Crippen LogP contribution in [0, 0.1) is 5.92 Å². The molecule has 3 heteroatoms. The Balaban J connectivity index is 1.87. The first kappa shape index (κ1) is 10.4. The lowest BCUT2D eigenvalue weighted by molar-refractivity contribution is 0.0483. The maximum Gasteiger partial charge on any atom is 0.0696 e. The summed E-state index contributed by atoms with van der Waals surface area (Å²) >= 11 is 0. The summed E-state index contributed by atoms with van der Waals surface area (Å²) < 4.78 is 0. The number of aliphatic hydroxyl groups excluding tert-OH is 1. The van der Waals surface area contributed by atoms with Crippen molar-refractivity contribution in [2.24, 2.45) is 5.92 Å². The summed E-state index contributed by atoms with van der Waals surface area (Å²) in [5.74, 6) is 0.696. The molecule has 2 saturated heterocycles. The standard InChI is InChI=1S/C11H22N2O/c1-13-7-4-9(5-8-13)11-10(14)3-2-6-12-11/h9-12,14H,2-8H2,1H3. The van der Waals surface area contributed by atoms with E-state index in [0.29, 0.717) is 12.0 Å². The first-order valence-electron chi connectivity index (χ1n) is 5.87. The van der Waals surface area contributed by atoms with E-state index in [2.05, 4.69) is 17.3 Å². The van der Waals surface area contributed by atoms with E-state index in [-0.39, 0.29) is 6.10 Å². The first-order chi connectivity index (χ1) is 6.77. The van der Waals surface area contributed by atoms with Crippen LogP contribution in [0.25, 0.3) is 0 Å². The van der Waals surface area contributed by atoms with Gasteiger partial charge in [0.25, 0.3) is 0 Å². The fraction of sp³-hybridized carbons (Fsp3) is 1.00. The average Bonchev–Trinajstić information content (AvgIpc) is 2.20. The van der Waals surface area contributed by atoms with Crippen LogP contribution in [0.15, 0.2) is 0 Å². The van der Waals surface area contributed by atoms with Gasteiger partial charge in [0.05, 0.1) is 6.10 Å². The molecule has 0 aromatic carbocycles. The molecule has 2 N–H and O–H groups in total. The topological polar surface area (TPSA) is 35.5 Å². The zero-order chi connectivity index (χ0) is 9.97. The summed E-state index contributed by atoms with van der Waals surface area (Å²) in [6, 6.07) is 0.373. The monoisotopic (exact) mass is 198 g/mol. The van der Waals surface area contributed by atoms with E-state index in [0.717, 1.165) is 19.4 Å². The molecule has 2 heterocycles. The van der Waals surface area contributed by atoms with Gasteiger partial charge in [0.2, 0.25) is 0 Å². The van der Waals surface area contributed by atoms with Crippen LogP contribution >= 0.6 is 0 Å². The Labute approximate surface area is 86.5 Å². The highest BCUT2D eigenvalue weighted by Crippen LogP contribution is 2.25. The predicted molar refractivity (Wildman–Crippen MR) is 57.3 cm³/mol. The highest BCUT2D eigenvalue weighted by molar-refractivity contribution is 4.88. The summed E-state index contributed by atoms with van der Waals surface area (Å²) in [5.41, 5.74) is 0. The van der Waals surface area contributed by atoms with Crippen molar-refractivity contribution in [2.75, 3.05) is 26.7 Å². The van der Waals surface area contributed by atoms with E-state index >= 15 is 0 Å². The van der Waals surface area contributed by atoms with Crippen LogP contribution in [0.4, 0.5) is 0 Å². The highest BCUT2D eigenvalue weighted by Gasteiger charge is 2.31. The van der Waals surface area contributed by atoms with Gasteiger partial charge >= 0.3 is 0 Å². The molecule has 0 bridgehead atoms. The van der Waals surface area contributed by atoms with E-state index in [1.165, 1.54) is 25.9 Å². The summed E-state index contributed by atoms with van der Waals surface area (Å²) in [5, 5.41) is 13.4. The summed E-state index contributed by atoms with van der Waals surface area (Å²) in [7, 11) is 2.18. The van der Waals surface area contributed by atoms with Crippen LogP contribution in [-0.4, -0.2) is 48.8 Å². The van der Waals surface area contributed by atoms with Crippen LogP contribution in [-0.2, 0) is 0 Å². The second-order valence-electron chi connectivity index (χ2n) is 4.83. The van der Waals surface area contributed by atoms with Gasteiger partial charge in [-0.3, -0.25) is 0 Å². The fourth-order valence-corrected chi connectivity index (χ4v) is 2.76. The van der Waals surface area contributed by atoms with E-state index < -0.39 is 0 Å². The molecule has 82 valence electrons. The number of aliphatic hydroxyl groups is 1. The van der Waals surface area contributed by atoms with E-state index in [1.807, 2.05) is 0 Å². The number of piperidine rings is 2. The molecule has 3 nitrogen and oxygen atoms in total. The van der Waals surface area contributed by atoms with Crippen LogP contribution in [0.3, 0.4) is 0 Å². The molecule has 2 atom stereocenters. The summed E-state index contributed by atoms with van der Waals surface area (Å²) in [4.78, 5) is 2.38. The Hall–Kier alpha value is -0.120. The minimum atomic E-state index is -0.0999. The van der Waals surface area contributed by atoms with Crippen molar-refractivity contribution in [1.29, 1.82) is 0 Å². The van der Waals surface area contributed by atoms with Gasteiger partial charge in [-0.05, 0) is 58.3 Å². The maximum atomic E-state index is 9.91. The van der Waals surface area contributed by atoms with Crippen molar-refractivity contribution in [2.45, 2.75) is 37.8 Å². The second kappa shape index (κ2) is 4.60. The lowest BCUT2D eigenvalue weighted by atomic mass is 9.83. The molecule has 2 aliphatic rings. The molecule has 2 rings (SSSR count). The van der Waals surface area contributed by atoms with Gasteiger partial charge in [-0.2, -0.15) is 0 Å². The van der Waals surface area contributed by atoms with Crippen molar-refractivity contribution in [3.8, 4) is 0 Å². The minimum Gasteiger partial charge on any atom is -0.391 e. The van der Waals surface area contributed by atoms with Gasteiger partial charge in [-0.1, -0.05) is 0 Å². The molecule has 14 heavy (non-hydrogen) atoms. The highest BCUT2D eigenvalue weighted by atomic mass is 16.3. The Morgan fingerprint density at radius 2 is 1.93 bits per heavy atom. The Bertz CT molecular complexity index is 178. The molecule has 0 aromatic heterocycles. The Morgan fingerprint density at radius 1 is 1.21 bits per heavy atom. The quantitative estimate of drug-likeness (QED) is 0.642. The molecule has 0 aromatic rings. The van der Waals surface area contributed by atoms with Gasteiger partial charge in [0.1, 0.15) is 0 Å². The largest absolute Gasteiger partial charge is 0.391 e. The molecule has 0 radical (unpaired) electrons. The van der Waals surface area contributed by atoms with Crippen LogP contribution in [0.5, 0.6) is 0 Å². The number of likely N-dealkylation sites (tertiary alicyclic amines) is 1. The molecule has 2 fully saturated rings. The van der Waals surface area contributed by atoms with E-state index in [4.69, 9.17) is 0 Å². The van der Waals surface area contributed by atoms with Gasteiger partial charge in [-0.15, -0.1) is 0 Å². The van der Waals surface area contributed by atoms with Crippen LogP contribution in [0.2, 0.25) is 0 Å². The molecule has 2 aliphatic heterocycles. The Kier molecular flexibility index (Phi) is 3.42. The fourth-order valence-electron chi connectivity index (χ4n) is 2.76. The maximum absolute atomic E-state index is 9.91. The zero-order valence-corrected chi connectivity index (χ0v) is 9.08. The van der Waals surface area contributed by atoms with Crippen molar-refractivity contribution in [3.63, 3.8) is 0 Å². The van der Waals surface area contributed by atoms with Crippen molar-refractivity contribution >= 4 is 0 Å². The van der Waals surface area contributed by atoms with E-state index in [1.54, 1.807) is 0 Å². The third-order valence-electron chi connectivity index (χ3n) is 3.74. The van der Waals surface area contributed by atoms with Crippen LogP contribution < -0.4 is 5.32 Å². The van der Waals surface area contributed by atoms with Gasteiger partial charge in [0, 0.05) is 6.04 Å². The van der Waals surface area contributed by atoms with E-state index in [9.17, 15) is 5.11 Å². The molecule has 0 aliphatic carbocycles. The third kappa shape index (κ3) is 2.27. The second-order valence-corrected chi connectivity index (χ2v) is 4.83. The van der Waals surface area contributed by atoms with Crippen LogP contribution in [0.1, 0.15) is 25.7 Å². The van der Waals surface area contributed by atoms with Gasteiger partial charge in [-0.25, -0.2) is 0 Å². The first-order valence-corrected chi connectivity index (χ1v) is 5.87. The lowest BCUT2D eigenvalue weighted by Crippen LogP contribution is -2.51. The number of rotatable bonds is 1. The summed E-state index contributed by atoms with van der Waals surface area (Å²) in [6.45, 7) is 3.47. The number of hydrogen-bond donors (Lipinski definition) is 2. The Morgan fingerprint density at radius 3 is 2.57 bits per heavy atom. The molecule has 0 amide bonds. The molecular formula is C11H22N2O. The number of hydrogen-bond acceptors (Lipinski definition) is 3. The number of nitrogens with zero attached hydrogens (tertiary/aromatic N) is 1. The third-order valence-corrected chi connectivity index (χ3v) is 3.74. The average molecular weight is 198 g/mol. The molecule has 0 saturated carbocycles. The molecule has 2 unspecified atom stereocenters. The van der Waals surface area contributed by atoms with Crippen molar-refractivity contribution in [3.05, 3.63) is 0 Å². The number of nitrogens with one attached hydrogen (secondary N) is 1. The minimum absolute atomic E-state index is 0.0999. The zero-order valence-electron chi connectivity index (χ0n) is 9.08. The molecule has 0 spiro atoms. The van der Waals surface area contributed by atoms with Crippen molar-refractivity contribution < 1.29 is 5.11 Å².